The Morgan fingerprint density at radius 1 is 1.23 bits per heavy atom. The number of carbonyl (C=O) groups excluding carboxylic acids is 1. The Hall–Kier alpha value is -1.29. The molecule has 1 saturated carbocycles. The number of hydrogen-bond donors (Lipinski definition) is 4. The Morgan fingerprint density at radius 3 is 2.58 bits per heavy atom. The second-order valence-electron chi connectivity index (χ2n) is 9.65. The first kappa shape index (κ1) is 22.9. The number of methoxy groups -OCH3 is 1. The lowest BCUT2D eigenvalue weighted by atomic mass is 9.56. The van der Waals surface area contributed by atoms with E-state index >= 15 is 0 Å². The van der Waals surface area contributed by atoms with Crippen molar-refractivity contribution in [3.8, 4) is 0 Å². The summed E-state index contributed by atoms with van der Waals surface area (Å²) in [5.41, 5.74) is -0.188. The molecule has 31 heavy (non-hydrogen) atoms. The lowest BCUT2D eigenvalue weighted by Gasteiger charge is -2.48. The molecule has 1 spiro atoms. The average molecular weight is 439 g/mol. The second kappa shape index (κ2) is 8.24. The third-order valence-electron chi connectivity index (χ3n) is 7.99. The van der Waals surface area contributed by atoms with E-state index in [0.717, 1.165) is 5.57 Å². The van der Waals surface area contributed by atoms with Crippen LogP contribution in [-0.2, 0) is 19.0 Å². The minimum atomic E-state index is -1.23. The molecule has 0 aromatic carbocycles. The molecule has 0 aromatic heterocycles. The van der Waals surface area contributed by atoms with Crippen LogP contribution in [0, 0.1) is 35.5 Å². The summed E-state index contributed by atoms with van der Waals surface area (Å²) in [4.78, 5) is 13.3. The molecule has 4 N–H and O–H groups in total. The Labute approximate surface area is 182 Å². The highest BCUT2D eigenvalue weighted by Gasteiger charge is 2.69. The van der Waals surface area contributed by atoms with Gasteiger partial charge in [0, 0.05) is 36.7 Å². The molecule has 2 aliphatic heterocycles. The molecular weight excluding hydrogens is 404 g/mol. The lowest BCUT2D eigenvalue weighted by Crippen LogP contribution is -2.57. The van der Waals surface area contributed by atoms with Crippen molar-refractivity contribution in [1.82, 2.24) is 0 Å². The van der Waals surface area contributed by atoms with Crippen LogP contribution in [-0.4, -0.2) is 82.8 Å². The highest BCUT2D eigenvalue weighted by molar-refractivity contribution is 5.74. The zero-order valence-corrected chi connectivity index (χ0v) is 18.4. The van der Waals surface area contributed by atoms with Gasteiger partial charge < -0.3 is 34.6 Å². The summed E-state index contributed by atoms with van der Waals surface area (Å²) in [5.74, 6) is -3.05. The van der Waals surface area contributed by atoms with Crippen molar-refractivity contribution in [2.45, 2.75) is 56.9 Å². The number of aliphatic hydroxyl groups is 4. The third kappa shape index (κ3) is 3.22. The van der Waals surface area contributed by atoms with Gasteiger partial charge in [-0.05, 0) is 12.5 Å². The molecule has 4 bridgehead atoms. The van der Waals surface area contributed by atoms with Crippen molar-refractivity contribution in [3.63, 3.8) is 0 Å². The molecular formula is C23H34O8. The normalized spacial score (nSPS) is 49.9. The summed E-state index contributed by atoms with van der Waals surface area (Å²) in [6.07, 6.45) is 1.50. The number of rotatable bonds is 4. The van der Waals surface area contributed by atoms with Gasteiger partial charge in [0.05, 0.1) is 37.4 Å². The quantitative estimate of drug-likeness (QED) is 0.358. The van der Waals surface area contributed by atoms with E-state index in [2.05, 4.69) is 0 Å². The number of esters is 1. The molecule has 4 rings (SSSR count). The monoisotopic (exact) mass is 438 g/mol. The van der Waals surface area contributed by atoms with E-state index < -0.39 is 66.5 Å². The van der Waals surface area contributed by atoms with Crippen LogP contribution in [0.3, 0.4) is 0 Å². The van der Waals surface area contributed by atoms with Gasteiger partial charge in [-0.1, -0.05) is 32.1 Å². The Morgan fingerprint density at radius 2 is 1.94 bits per heavy atom. The maximum atomic E-state index is 13.3. The van der Waals surface area contributed by atoms with E-state index in [1.807, 2.05) is 39.0 Å². The zero-order valence-electron chi connectivity index (χ0n) is 18.4. The molecule has 2 aliphatic carbocycles. The maximum absolute atomic E-state index is 13.3. The highest BCUT2D eigenvalue weighted by atomic mass is 16.6. The molecule has 2 heterocycles. The summed E-state index contributed by atoms with van der Waals surface area (Å²) in [6, 6.07) is 0. The van der Waals surface area contributed by atoms with Crippen LogP contribution in [0.25, 0.3) is 0 Å². The summed E-state index contributed by atoms with van der Waals surface area (Å²) < 4.78 is 17.7. The average Bonchev–Trinajstić information content (AvgIpc) is 2.96. The predicted octanol–water partition coefficient (Wildman–Crippen LogP) is 0.0375. The SMILES string of the molecule is COC[C@H]1C(=O)O[C@H]([C@H](O)CO)[C@H](C)C=C(C)[C@@]23O[C@H]4[C@H](O)[C@H](C)[C@@H](O)[C@@H]2[C@H]4C=C[C@H]13. The summed E-state index contributed by atoms with van der Waals surface area (Å²) in [7, 11) is 1.50. The lowest BCUT2D eigenvalue weighted by molar-refractivity contribution is -0.172. The fourth-order valence-corrected chi connectivity index (χ4v) is 6.43. The number of aliphatic hydroxyl groups excluding tert-OH is 4. The topological polar surface area (TPSA) is 126 Å². The number of carbonyl (C=O) groups is 1. The number of cyclic esters (lactones) is 1. The van der Waals surface area contributed by atoms with Crippen molar-refractivity contribution in [2.24, 2.45) is 35.5 Å². The maximum Gasteiger partial charge on any atom is 0.312 e. The summed E-state index contributed by atoms with van der Waals surface area (Å²) >= 11 is 0. The molecule has 12 atom stereocenters. The molecule has 0 unspecified atom stereocenters. The highest BCUT2D eigenvalue weighted by Crippen LogP contribution is 2.61. The zero-order chi connectivity index (χ0) is 22.7. The van der Waals surface area contributed by atoms with Crippen LogP contribution in [0.5, 0.6) is 0 Å². The number of ether oxygens (including phenoxy) is 3. The van der Waals surface area contributed by atoms with Crippen molar-refractivity contribution in [3.05, 3.63) is 23.8 Å². The fraction of sp³-hybridized carbons (Fsp3) is 0.783. The van der Waals surface area contributed by atoms with Gasteiger partial charge in [-0.25, -0.2) is 0 Å². The van der Waals surface area contributed by atoms with Gasteiger partial charge >= 0.3 is 5.97 Å². The van der Waals surface area contributed by atoms with Crippen LogP contribution < -0.4 is 0 Å². The molecule has 0 amide bonds. The van der Waals surface area contributed by atoms with E-state index in [0.29, 0.717) is 0 Å². The Bertz CT molecular complexity index is 765. The van der Waals surface area contributed by atoms with Gasteiger partial charge in [-0.2, -0.15) is 0 Å². The third-order valence-corrected chi connectivity index (χ3v) is 7.99. The van der Waals surface area contributed by atoms with E-state index in [1.54, 1.807) is 0 Å². The number of hydrogen-bond acceptors (Lipinski definition) is 8. The Kier molecular flexibility index (Phi) is 6.09. The molecule has 4 aliphatic rings. The van der Waals surface area contributed by atoms with Crippen molar-refractivity contribution < 1.29 is 39.4 Å². The van der Waals surface area contributed by atoms with E-state index in [4.69, 9.17) is 14.2 Å². The van der Waals surface area contributed by atoms with Crippen LogP contribution in [0.15, 0.2) is 23.8 Å². The molecule has 2 fully saturated rings. The van der Waals surface area contributed by atoms with Crippen LogP contribution in [0.4, 0.5) is 0 Å². The van der Waals surface area contributed by atoms with E-state index in [-0.39, 0.29) is 24.4 Å². The standard InChI is InChI=1S/C23H34O8/c1-10-7-11(2)23-15(14(9-29-4)22(28)30-20(10)16(25)8-24)6-5-13-17(23)18(26)12(3)19(27)21(13)31-23/h5-7,10,12-21,24-27H,8-9H2,1-4H3/t10-,12-,13-,14-,15-,16-,17+,18-,19-,20+,21-,23+/m1/s1. The van der Waals surface area contributed by atoms with Crippen LogP contribution >= 0.6 is 0 Å². The Balaban J connectivity index is 1.89. The van der Waals surface area contributed by atoms with Crippen molar-refractivity contribution in [2.75, 3.05) is 20.3 Å². The van der Waals surface area contributed by atoms with Crippen molar-refractivity contribution in [1.29, 1.82) is 0 Å². The first-order valence-corrected chi connectivity index (χ1v) is 11.1. The molecule has 0 aromatic rings. The summed E-state index contributed by atoms with van der Waals surface area (Å²) in [6.45, 7) is 5.07. The van der Waals surface area contributed by atoms with Crippen molar-refractivity contribution >= 4 is 5.97 Å². The smallest absolute Gasteiger partial charge is 0.312 e. The largest absolute Gasteiger partial charge is 0.459 e. The van der Waals surface area contributed by atoms with E-state index in [1.165, 1.54) is 7.11 Å². The summed E-state index contributed by atoms with van der Waals surface area (Å²) in [5, 5.41) is 41.9. The minimum absolute atomic E-state index is 0.0683. The minimum Gasteiger partial charge on any atom is -0.459 e. The van der Waals surface area contributed by atoms with Gasteiger partial charge in [0.1, 0.15) is 17.8 Å². The predicted molar refractivity (Wildman–Crippen MR) is 110 cm³/mol. The molecule has 8 heteroatoms. The van der Waals surface area contributed by atoms with Gasteiger partial charge in [-0.3, -0.25) is 4.79 Å². The second-order valence-corrected chi connectivity index (χ2v) is 9.65. The van der Waals surface area contributed by atoms with E-state index in [9.17, 15) is 25.2 Å². The molecule has 8 nitrogen and oxygen atoms in total. The van der Waals surface area contributed by atoms with Gasteiger partial charge in [0.2, 0.25) is 0 Å². The molecule has 0 radical (unpaired) electrons. The first-order chi connectivity index (χ1) is 14.7. The van der Waals surface area contributed by atoms with Gasteiger partial charge in [0.25, 0.3) is 0 Å². The van der Waals surface area contributed by atoms with Crippen LogP contribution in [0.2, 0.25) is 0 Å². The van der Waals surface area contributed by atoms with Crippen LogP contribution in [0.1, 0.15) is 20.8 Å². The molecule has 1 saturated heterocycles. The fourth-order valence-electron chi connectivity index (χ4n) is 6.43. The van der Waals surface area contributed by atoms with Gasteiger partial charge in [0.15, 0.2) is 0 Å². The first-order valence-electron chi connectivity index (χ1n) is 11.1. The molecule has 174 valence electrons. The van der Waals surface area contributed by atoms with Gasteiger partial charge in [-0.15, -0.1) is 0 Å².